The first-order valence-electron chi connectivity index (χ1n) is 7.02. The van der Waals surface area contributed by atoms with Crippen LogP contribution >= 0.6 is 23.2 Å². The van der Waals surface area contributed by atoms with E-state index in [1.165, 1.54) is 12.1 Å². The van der Waals surface area contributed by atoms with Crippen LogP contribution in [0.4, 0.5) is 5.69 Å². The van der Waals surface area contributed by atoms with Crippen LogP contribution < -0.4 is 10.1 Å². The lowest BCUT2D eigenvalue weighted by Gasteiger charge is -2.09. The van der Waals surface area contributed by atoms with Crippen molar-refractivity contribution in [2.75, 3.05) is 18.5 Å². The van der Waals surface area contributed by atoms with Gasteiger partial charge in [-0.3, -0.25) is 4.79 Å². The Labute approximate surface area is 153 Å². The van der Waals surface area contributed by atoms with E-state index >= 15 is 0 Å². The lowest BCUT2D eigenvalue weighted by Crippen LogP contribution is -2.23. The maximum absolute atomic E-state index is 11.7. The Morgan fingerprint density at radius 2 is 1.84 bits per heavy atom. The summed E-state index contributed by atoms with van der Waals surface area (Å²) in [5.41, 5.74) is 0.724. The summed E-state index contributed by atoms with van der Waals surface area (Å²) in [6, 6.07) is 13.0. The van der Waals surface area contributed by atoms with Gasteiger partial charge in [0.2, 0.25) is 0 Å². The molecule has 0 aliphatic heterocycles. The number of benzene rings is 2. The standard InChI is InChI=1S/C17H12Cl2N2O4/c18-13-6-5-12(7-14(13)19)21-16(22)9-25-17(23)10-24-15-4-2-1-3-11(15)8-20/h1-7H,9-10H2,(H,21,22). The minimum atomic E-state index is -0.739. The number of amides is 1. The Morgan fingerprint density at radius 3 is 2.56 bits per heavy atom. The molecule has 2 rings (SSSR count). The number of carbonyl (C=O) groups excluding carboxylic acids is 2. The van der Waals surface area contributed by atoms with Gasteiger partial charge in [-0.25, -0.2) is 4.79 Å². The molecule has 0 heterocycles. The highest BCUT2D eigenvalue weighted by atomic mass is 35.5. The third-order valence-electron chi connectivity index (χ3n) is 2.92. The third kappa shape index (κ3) is 5.68. The van der Waals surface area contributed by atoms with E-state index in [1.54, 1.807) is 30.3 Å². The van der Waals surface area contributed by atoms with E-state index < -0.39 is 25.1 Å². The van der Waals surface area contributed by atoms with Crippen molar-refractivity contribution in [3.8, 4) is 11.8 Å². The smallest absolute Gasteiger partial charge is 0.344 e. The number of carbonyl (C=O) groups is 2. The second-order valence-electron chi connectivity index (χ2n) is 4.73. The molecule has 25 heavy (non-hydrogen) atoms. The van der Waals surface area contributed by atoms with Crippen LogP contribution in [0.2, 0.25) is 10.0 Å². The van der Waals surface area contributed by atoms with Crippen LogP contribution in [-0.2, 0) is 14.3 Å². The summed E-state index contributed by atoms with van der Waals surface area (Å²) in [5.74, 6) is -1.01. The highest BCUT2D eigenvalue weighted by molar-refractivity contribution is 6.42. The molecule has 1 N–H and O–H groups in total. The molecule has 0 fully saturated rings. The van der Waals surface area contributed by atoms with Gasteiger partial charge in [0.15, 0.2) is 13.2 Å². The van der Waals surface area contributed by atoms with Crippen LogP contribution in [0.15, 0.2) is 42.5 Å². The van der Waals surface area contributed by atoms with Gasteiger partial charge in [0, 0.05) is 5.69 Å². The second kappa shape index (κ2) is 8.92. The van der Waals surface area contributed by atoms with Crippen LogP contribution in [0, 0.1) is 11.3 Å². The Bertz CT molecular complexity index is 834. The van der Waals surface area contributed by atoms with Gasteiger partial charge < -0.3 is 14.8 Å². The van der Waals surface area contributed by atoms with Crippen molar-refractivity contribution in [3.63, 3.8) is 0 Å². The second-order valence-corrected chi connectivity index (χ2v) is 5.55. The number of rotatable bonds is 6. The lowest BCUT2D eigenvalue weighted by molar-refractivity contribution is -0.149. The van der Waals surface area contributed by atoms with E-state index in [1.807, 2.05) is 6.07 Å². The van der Waals surface area contributed by atoms with Crippen molar-refractivity contribution in [3.05, 3.63) is 58.1 Å². The average molecular weight is 379 g/mol. The fourth-order valence-corrected chi connectivity index (χ4v) is 2.08. The van der Waals surface area contributed by atoms with Crippen molar-refractivity contribution in [2.24, 2.45) is 0 Å². The van der Waals surface area contributed by atoms with Gasteiger partial charge in [-0.05, 0) is 30.3 Å². The molecule has 0 atom stereocenters. The van der Waals surface area contributed by atoms with Crippen molar-refractivity contribution in [1.82, 2.24) is 0 Å². The monoisotopic (exact) mass is 378 g/mol. The third-order valence-corrected chi connectivity index (χ3v) is 3.66. The quantitative estimate of drug-likeness (QED) is 0.777. The molecule has 0 radical (unpaired) electrons. The predicted octanol–water partition coefficient (Wildman–Crippen LogP) is 3.43. The Morgan fingerprint density at radius 1 is 1.08 bits per heavy atom. The molecule has 2 aromatic rings. The topological polar surface area (TPSA) is 88.4 Å². The summed E-state index contributed by atoms with van der Waals surface area (Å²) in [6.45, 7) is -0.902. The largest absolute Gasteiger partial charge is 0.481 e. The van der Waals surface area contributed by atoms with Crippen LogP contribution in [0.25, 0.3) is 0 Å². The van der Waals surface area contributed by atoms with Crippen molar-refractivity contribution < 1.29 is 19.1 Å². The van der Waals surface area contributed by atoms with Gasteiger partial charge in [0.05, 0.1) is 15.6 Å². The van der Waals surface area contributed by atoms with Gasteiger partial charge in [0.1, 0.15) is 11.8 Å². The molecule has 0 saturated carbocycles. The first-order chi connectivity index (χ1) is 12.0. The molecule has 128 valence electrons. The number of nitriles is 1. The minimum Gasteiger partial charge on any atom is -0.481 e. The Kier molecular flexibility index (Phi) is 6.63. The number of nitrogens with zero attached hydrogens (tertiary/aromatic N) is 1. The summed E-state index contributed by atoms with van der Waals surface area (Å²) >= 11 is 11.6. The summed E-state index contributed by atoms with van der Waals surface area (Å²) in [6.07, 6.45) is 0. The number of hydrogen-bond acceptors (Lipinski definition) is 5. The fraction of sp³-hybridized carbons (Fsp3) is 0.118. The van der Waals surface area contributed by atoms with E-state index in [4.69, 9.17) is 37.9 Å². The number of para-hydroxylation sites is 1. The number of esters is 1. The number of anilines is 1. The van der Waals surface area contributed by atoms with Crippen LogP contribution in [0.1, 0.15) is 5.56 Å². The number of hydrogen-bond donors (Lipinski definition) is 1. The molecule has 0 aliphatic rings. The van der Waals surface area contributed by atoms with Gasteiger partial charge in [0.25, 0.3) is 5.91 Å². The zero-order valence-corrected chi connectivity index (χ0v) is 14.3. The molecule has 0 bridgehead atoms. The maximum atomic E-state index is 11.7. The van der Waals surface area contributed by atoms with E-state index in [0.29, 0.717) is 21.3 Å². The van der Waals surface area contributed by atoms with Crippen molar-refractivity contribution in [1.29, 1.82) is 5.26 Å². The van der Waals surface area contributed by atoms with Crippen molar-refractivity contribution >= 4 is 40.8 Å². The maximum Gasteiger partial charge on any atom is 0.344 e. The van der Waals surface area contributed by atoms with E-state index in [0.717, 1.165) is 0 Å². The summed E-state index contributed by atoms with van der Waals surface area (Å²) in [5, 5.41) is 12.1. The van der Waals surface area contributed by atoms with Crippen LogP contribution in [0.3, 0.4) is 0 Å². The molecular weight excluding hydrogens is 367 g/mol. The molecule has 0 spiro atoms. The normalized spacial score (nSPS) is 9.80. The fourth-order valence-electron chi connectivity index (χ4n) is 1.78. The van der Waals surface area contributed by atoms with E-state index in [-0.39, 0.29) is 5.75 Å². The Balaban J connectivity index is 1.78. The Hall–Kier alpha value is -2.75. The number of ether oxygens (including phenoxy) is 2. The van der Waals surface area contributed by atoms with Gasteiger partial charge >= 0.3 is 5.97 Å². The van der Waals surface area contributed by atoms with Gasteiger partial charge in [-0.15, -0.1) is 0 Å². The van der Waals surface area contributed by atoms with Crippen LogP contribution in [-0.4, -0.2) is 25.1 Å². The molecular formula is C17H12Cl2N2O4. The lowest BCUT2D eigenvalue weighted by atomic mass is 10.2. The zero-order valence-electron chi connectivity index (χ0n) is 12.8. The average Bonchev–Trinajstić information content (AvgIpc) is 2.61. The van der Waals surface area contributed by atoms with Crippen LogP contribution in [0.5, 0.6) is 5.75 Å². The molecule has 6 nitrogen and oxygen atoms in total. The number of nitrogens with one attached hydrogen (secondary N) is 1. The molecule has 0 aromatic heterocycles. The molecule has 0 unspecified atom stereocenters. The molecule has 0 saturated heterocycles. The summed E-state index contributed by atoms with van der Waals surface area (Å²) < 4.78 is 10.0. The first kappa shape index (κ1) is 18.6. The molecule has 2 aromatic carbocycles. The van der Waals surface area contributed by atoms with Crippen molar-refractivity contribution in [2.45, 2.75) is 0 Å². The van der Waals surface area contributed by atoms with E-state index in [9.17, 15) is 9.59 Å². The molecule has 8 heteroatoms. The summed E-state index contributed by atoms with van der Waals surface area (Å²) in [7, 11) is 0. The first-order valence-corrected chi connectivity index (χ1v) is 7.77. The highest BCUT2D eigenvalue weighted by Gasteiger charge is 2.11. The molecule has 0 aliphatic carbocycles. The van der Waals surface area contributed by atoms with Gasteiger partial charge in [-0.2, -0.15) is 5.26 Å². The SMILES string of the molecule is N#Cc1ccccc1OCC(=O)OCC(=O)Nc1ccc(Cl)c(Cl)c1. The van der Waals surface area contributed by atoms with E-state index in [2.05, 4.69) is 5.32 Å². The predicted molar refractivity (Wildman–Crippen MR) is 92.7 cm³/mol. The van der Waals surface area contributed by atoms with Gasteiger partial charge in [-0.1, -0.05) is 35.3 Å². The minimum absolute atomic E-state index is 0.266. The zero-order chi connectivity index (χ0) is 18.2. The number of halogens is 2. The summed E-state index contributed by atoms with van der Waals surface area (Å²) in [4.78, 5) is 23.4. The molecule has 1 amide bonds. The highest BCUT2D eigenvalue weighted by Crippen LogP contribution is 2.24.